The van der Waals surface area contributed by atoms with E-state index in [4.69, 9.17) is 5.11 Å². The van der Waals surface area contributed by atoms with E-state index in [0.29, 0.717) is 19.3 Å². The minimum Gasteiger partial charge on any atom is -0.480 e. The number of carboxylic acids is 1. The third-order valence-corrected chi connectivity index (χ3v) is 6.66. The Balaban J connectivity index is 2.01. The molecule has 0 saturated carbocycles. The molecular weight excluding hydrogens is 518 g/mol. The first-order valence-electron chi connectivity index (χ1n) is 14.3. The molecule has 0 bridgehead atoms. The van der Waals surface area contributed by atoms with Crippen LogP contribution in [-0.2, 0) is 14.4 Å². The normalized spacial score (nSPS) is 11.5. The molecule has 222 valence electrons. The number of aliphatic carboxylic acids is 1. The van der Waals surface area contributed by atoms with Crippen molar-refractivity contribution in [3.63, 3.8) is 0 Å². The molecule has 1 aromatic carbocycles. The highest BCUT2D eigenvalue weighted by Crippen LogP contribution is 2.12. The van der Waals surface area contributed by atoms with Crippen LogP contribution in [0.25, 0.3) is 0 Å². The number of nitrogens with one attached hydrogen (secondary N) is 2. The van der Waals surface area contributed by atoms with Crippen molar-refractivity contribution in [2.45, 2.75) is 102 Å². The summed E-state index contributed by atoms with van der Waals surface area (Å²) in [6, 6.07) is 2.83. The van der Waals surface area contributed by atoms with Gasteiger partial charge in [0.1, 0.15) is 12.3 Å². The Kier molecular flexibility index (Phi) is 18.6. The predicted molar refractivity (Wildman–Crippen MR) is 153 cm³/mol. The number of benzene rings is 1. The maximum absolute atomic E-state index is 12.4. The predicted octanol–water partition coefficient (Wildman–Crippen LogP) is 0.396. The van der Waals surface area contributed by atoms with Gasteiger partial charge in [-0.2, -0.15) is 0 Å². The molecule has 0 aromatic heterocycles. The van der Waals surface area contributed by atoms with Gasteiger partial charge in [0.25, 0.3) is 5.91 Å². The Morgan fingerprint density at radius 3 is 1.68 bits per heavy atom. The minimum atomic E-state index is -1.82. The molecule has 7 N–H and O–H groups in total. The molecule has 0 spiro atoms. The van der Waals surface area contributed by atoms with Crippen LogP contribution < -0.4 is 21.6 Å². The van der Waals surface area contributed by atoms with Crippen molar-refractivity contribution in [1.82, 2.24) is 10.6 Å². The maximum atomic E-state index is 12.4. The van der Waals surface area contributed by atoms with Crippen LogP contribution in [0, 0.1) is 0 Å². The average molecular weight is 562 g/mol. The van der Waals surface area contributed by atoms with Gasteiger partial charge < -0.3 is 40.6 Å². The molecule has 0 fully saturated rings. The number of hydrogen-bond donors (Lipinski definition) is 7. The lowest BCUT2D eigenvalue weighted by Crippen LogP contribution is -2.40. The third-order valence-electron chi connectivity index (χ3n) is 6.66. The summed E-state index contributed by atoms with van der Waals surface area (Å²) in [5.74, 6) is -1.82. The van der Waals surface area contributed by atoms with E-state index >= 15 is 0 Å². The van der Waals surface area contributed by atoms with Crippen molar-refractivity contribution in [3.8, 4) is 0 Å². The Hall–Kier alpha value is -2.73. The molecule has 0 radical (unpaired) electrons. The van der Waals surface area contributed by atoms with Gasteiger partial charge in [-0.05, 0) is 42.3 Å². The van der Waals surface area contributed by atoms with E-state index in [1.807, 2.05) is 0 Å². The Morgan fingerprint density at radius 1 is 0.750 bits per heavy atom. The molecule has 0 aliphatic carbocycles. The van der Waals surface area contributed by atoms with Crippen LogP contribution in [0.3, 0.4) is 0 Å². The molecule has 40 heavy (non-hydrogen) atoms. The van der Waals surface area contributed by atoms with E-state index < -0.39 is 32.2 Å². The summed E-state index contributed by atoms with van der Waals surface area (Å²) in [5, 5.41) is 51.7. The van der Waals surface area contributed by atoms with Crippen molar-refractivity contribution >= 4 is 49.2 Å². The molecule has 0 saturated heterocycles. The number of carboxylic acid groups (broad SMARTS) is 1. The quantitative estimate of drug-likeness (QED) is 0.0562. The number of carbonyl (C=O) groups excluding carboxylic acids is 3. The number of rotatable bonds is 23. The van der Waals surface area contributed by atoms with Crippen LogP contribution in [0.15, 0.2) is 18.2 Å². The molecular formula is C27H44B2N2O9. The fourth-order valence-electron chi connectivity index (χ4n) is 4.35. The fourth-order valence-corrected chi connectivity index (χ4v) is 4.35. The lowest BCUT2D eigenvalue weighted by atomic mass is 9.72. The zero-order valence-corrected chi connectivity index (χ0v) is 23.2. The first kappa shape index (κ1) is 35.3. The topological polar surface area (TPSA) is 193 Å². The molecule has 0 unspecified atom stereocenters. The van der Waals surface area contributed by atoms with Crippen LogP contribution in [0.1, 0.15) is 107 Å². The molecule has 1 rings (SSSR count). The first-order valence-corrected chi connectivity index (χ1v) is 14.3. The van der Waals surface area contributed by atoms with Gasteiger partial charge in [0.15, 0.2) is 0 Å². The first-order chi connectivity index (χ1) is 19.1. The molecule has 1 aromatic rings. The number of aldehydes is 1. The van der Waals surface area contributed by atoms with Crippen LogP contribution in [0.2, 0.25) is 0 Å². The number of carbonyl (C=O) groups is 4. The summed E-state index contributed by atoms with van der Waals surface area (Å²) in [6.45, 7) is 0.476. The lowest BCUT2D eigenvalue weighted by molar-refractivity contribution is -0.142. The van der Waals surface area contributed by atoms with Crippen molar-refractivity contribution in [2.75, 3.05) is 6.54 Å². The summed E-state index contributed by atoms with van der Waals surface area (Å²) in [6.07, 6.45) is 13.6. The molecule has 13 heteroatoms. The van der Waals surface area contributed by atoms with E-state index in [1.54, 1.807) is 0 Å². The second kappa shape index (κ2) is 21.1. The highest BCUT2D eigenvalue weighted by atomic mass is 16.4. The Bertz CT molecular complexity index is 890. The summed E-state index contributed by atoms with van der Waals surface area (Å²) in [4.78, 5) is 45.7. The second-order valence-electron chi connectivity index (χ2n) is 10.1. The zero-order chi connectivity index (χ0) is 29.8. The Morgan fingerprint density at radius 2 is 1.23 bits per heavy atom. The largest absolute Gasteiger partial charge is 0.488 e. The summed E-state index contributed by atoms with van der Waals surface area (Å²) in [5.41, 5.74) is 0.156. The zero-order valence-electron chi connectivity index (χ0n) is 23.2. The van der Waals surface area contributed by atoms with Gasteiger partial charge in [0.2, 0.25) is 5.91 Å². The van der Waals surface area contributed by atoms with E-state index in [1.165, 1.54) is 31.0 Å². The van der Waals surface area contributed by atoms with Gasteiger partial charge in [-0.3, -0.25) is 9.59 Å². The number of unbranched alkanes of at least 4 members (excludes halogenated alkanes) is 11. The molecule has 1 atom stereocenters. The van der Waals surface area contributed by atoms with Crippen LogP contribution >= 0.6 is 0 Å². The van der Waals surface area contributed by atoms with Crippen LogP contribution in [0.4, 0.5) is 0 Å². The van der Waals surface area contributed by atoms with Gasteiger partial charge in [-0.25, -0.2) is 4.79 Å². The van der Waals surface area contributed by atoms with E-state index in [9.17, 15) is 39.3 Å². The van der Waals surface area contributed by atoms with Gasteiger partial charge >= 0.3 is 20.2 Å². The lowest BCUT2D eigenvalue weighted by Gasteiger charge is -2.13. The standard InChI is InChI=1S/C27H44B2N2O9/c32-17-13-14-24(27(35)36)31-25(33)15-11-9-7-5-3-1-2-4-6-8-10-12-16-30-26(34)21-18-22(28(37)38)20-23(19-21)29(39)40/h17-20,24,37-40H,1-16H2,(H,30,34)(H,31,33)(H,35,36)/t24-/m0/s1. The van der Waals surface area contributed by atoms with Gasteiger partial charge in [0.05, 0.1) is 0 Å². The molecule has 0 heterocycles. The molecule has 0 aliphatic heterocycles. The molecule has 2 amide bonds. The second-order valence-corrected chi connectivity index (χ2v) is 10.1. The van der Waals surface area contributed by atoms with Crippen molar-refractivity contribution in [1.29, 1.82) is 0 Å². The van der Waals surface area contributed by atoms with Crippen molar-refractivity contribution < 1.29 is 44.4 Å². The Labute approximate surface area is 237 Å². The van der Waals surface area contributed by atoms with Crippen LogP contribution in [0.5, 0.6) is 0 Å². The molecule has 0 aliphatic rings. The van der Waals surface area contributed by atoms with Crippen molar-refractivity contribution in [3.05, 3.63) is 23.8 Å². The number of hydrogen-bond acceptors (Lipinski definition) is 8. The highest BCUT2D eigenvalue weighted by molar-refractivity contribution is 6.62. The summed E-state index contributed by atoms with van der Waals surface area (Å²) in [7, 11) is -3.64. The monoisotopic (exact) mass is 562 g/mol. The number of amides is 2. The molecule has 11 nitrogen and oxygen atoms in total. The van der Waals surface area contributed by atoms with Crippen LogP contribution in [-0.4, -0.2) is 76.1 Å². The van der Waals surface area contributed by atoms with Gasteiger partial charge in [-0.1, -0.05) is 70.3 Å². The highest BCUT2D eigenvalue weighted by Gasteiger charge is 2.21. The third kappa shape index (κ3) is 15.8. The fraction of sp³-hybridized carbons (Fsp3) is 0.630. The van der Waals surface area contributed by atoms with Gasteiger partial charge in [-0.15, -0.1) is 0 Å². The summed E-state index contributed by atoms with van der Waals surface area (Å²) < 4.78 is 0. The van der Waals surface area contributed by atoms with E-state index in [2.05, 4.69) is 10.6 Å². The SMILES string of the molecule is O=CCC[C@H](NC(=O)CCCCCCCCCCCCCCNC(=O)c1cc(B(O)O)cc(B(O)O)c1)C(=O)O. The van der Waals surface area contributed by atoms with E-state index in [-0.39, 0.29) is 35.2 Å². The summed E-state index contributed by atoms with van der Waals surface area (Å²) >= 11 is 0. The maximum Gasteiger partial charge on any atom is 0.488 e. The van der Waals surface area contributed by atoms with Crippen molar-refractivity contribution in [2.24, 2.45) is 0 Å². The van der Waals surface area contributed by atoms with Gasteiger partial charge in [0, 0.05) is 24.9 Å². The average Bonchev–Trinajstić information content (AvgIpc) is 2.92. The minimum absolute atomic E-state index is 0.0108. The smallest absolute Gasteiger partial charge is 0.480 e. The van der Waals surface area contributed by atoms with E-state index in [0.717, 1.165) is 64.2 Å².